The van der Waals surface area contributed by atoms with E-state index in [4.69, 9.17) is 19.7 Å². The summed E-state index contributed by atoms with van der Waals surface area (Å²) in [7, 11) is 0. The van der Waals surface area contributed by atoms with Gasteiger partial charge in [0.15, 0.2) is 0 Å². The quantitative estimate of drug-likeness (QED) is 0.378. The molecule has 0 aliphatic heterocycles. The van der Waals surface area contributed by atoms with Crippen LogP contribution in [0.2, 0.25) is 0 Å². The van der Waals surface area contributed by atoms with E-state index in [1.54, 1.807) is 6.07 Å². The fraction of sp³-hybridized carbons (Fsp3) is 0.333. The van der Waals surface area contributed by atoms with Gasteiger partial charge < -0.3 is 30.1 Å². The van der Waals surface area contributed by atoms with Crippen LogP contribution in [0.3, 0.4) is 0 Å². The monoisotopic (exact) mass is 471 g/mol. The van der Waals surface area contributed by atoms with Crippen molar-refractivity contribution in [3.8, 4) is 17.7 Å². The fourth-order valence-electron chi connectivity index (χ4n) is 2.25. The lowest BCUT2D eigenvalue weighted by Gasteiger charge is -2.22. The smallest absolute Gasteiger partial charge is 0.328 e. The molecule has 2 aromatic rings. The number of hydrogen-bond acceptors (Lipinski definition) is 8. The molecule has 34 heavy (non-hydrogen) atoms. The second-order valence-electron chi connectivity index (χ2n) is 8.02. The highest BCUT2D eigenvalue weighted by atomic mass is 16.5. The van der Waals surface area contributed by atoms with Crippen molar-refractivity contribution in [1.82, 2.24) is 10.3 Å². The lowest BCUT2D eigenvalue weighted by atomic mass is 10.1. The van der Waals surface area contributed by atoms with Crippen molar-refractivity contribution in [3.05, 3.63) is 65.9 Å². The number of pyridine rings is 1. The molecule has 1 atom stereocenters. The maximum Gasteiger partial charge on any atom is 0.328 e. The molecule has 1 unspecified atom stereocenters. The van der Waals surface area contributed by atoms with Crippen LogP contribution in [0.25, 0.3) is 0 Å². The molecule has 0 aliphatic rings. The molecule has 182 valence electrons. The predicted octanol–water partition coefficient (Wildman–Crippen LogP) is 2.37. The number of aliphatic hydroxyl groups excluding tert-OH is 1. The molecule has 0 radical (unpaired) electrons. The first-order valence-electron chi connectivity index (χ1n) is 10.3. The Bertz CT molecular complexity index is 980. The number of hydrogen-bond donors (Lipinski definition) is 4. The third-order valence-electron chi connectivity index (χ3n) is 3.84. The summed E-state index contributed by atoms with van der Waals surface area (Å²) in [6.45, 7) is 6.89. The minimum atomic E-state index is -1.26. The van der Waals surface area contributed by atoms with Gasteiger partial charge in [0.05, 0.1) is 6.20 Å². The van der Waals surface area contributed by atoms with E-state index in [2.05, 4.69) is 10.3 Å². The van der Waals surface area contributed by atoms with E-state index in [-0.39, 0.29) is 23.6 Å². The van der Waals surface area contributed by atoms with Crippen LogP contribution in [0.1, 0.15) is 31.9 Å². The molecule has 0 saturated heterocycles. The molecule has 0 spiro atoms. The molecule has 10 nitrogen and oxygen atoms in total. The summed E-state index contributed by atoms with van der Waals surface area (Å²) in [5.74, 6) is -1.83. The van der Waals surface area contributed by atoms with Crippen LogP contribution in [0.5, 0.6) is 11.6 Å². The molecule has 2 rings (SSSR count). The zero-order chi connectivity index (χ0) is 25.6. The highest BCUT2D eigenvalue weighted by Crippen LogP contribution is 2.21. The van der Waals surface area contributed by atoms with Crippen molar-refractivity contribution in [2.75, 3.05) is 13.2 Å². The summed E-state index contributed by atoms with van der Waals surface area (Å²) in [6, 6.07) is 13.4. The molecular weight excluding hydrogens is 442 g/mol. The Morgan fingerprint density at radius 3 is 2.29 bits per heavy atom. The summed E-state index contributed by atoms with van der Waals surface area (Å²) in [5, 5.41) is 38.1. The predicted molar refractivity (Wildman–Crippen MR) is 123 cm³/mol. The van der Waals surface area contributed by atoms with Crippen LogP contribution in [0.4, 0.5) is 0 Å². The van der Waals surface area contributed by atoms with Gasteiger partial charge in [0, 0.05) is 30.3 Å². The SMILES string of the molecule is CC(C)(C)NCC(O)COc1ncc(OCc2ccccc2)cc1C#N.O=C(O)C=CC(=O)O. The van der Waals surface area contributed by atoms with Crippen molar-refractivity contribution in [3.63, 3.8) is 0 Å². The van der Waals surface area contributed by atoms with E-state index in [9.17, 15) is 20.0 Å². The van der Waals surface area contributed by atoms with Gasteiger partial charge in [-0.25, -0.2) is 14.6 Å². The normalized spacial score (nSPS) is 11.6. The van der Waals surface area contributed by atoms with E-state index in [0.29, 0.717) is 31.1 Å². The first-order chi connectivity index (χ1) is 16.0. The van der Waals surface area contributed by atoms with E-state index in [1.165, 1.54) is 6.20 Å². The molecule has 1 heterocycles. The maximum absolute atomic E-state index is 9.98. The van der Waals surface area contributed by atoms with Crippen LogP contribution in [-0.2, 0) is 16.2 Å². The van der Waals surface area contributed by atoms with Crippen molar-refractivity contribution in [1.29, 1.82) is 5.26 Å². The van der Waals surface area contributed by atoms with Crippen LogP contribution in [0.15, 0.2) is 54.7 Å². The van der Waals surface area contributed by atoms with Crippen LogP contribution in [-0.4, -0.2) is 57.0 Å². The molecule has 0 fully saturated rings. The number of rotatable bonds is 10. The Balaban J connectivity index is 0.000000620. The van der Waals surface area contributed by atoms with E-state index >= 15 is 0 Å². The molecule has 1 aromatic heterocycles. The van der Waals surface area contributed by atoms with Crippen molar-refractivity contribution in [2.24, 2.45) is 0 Å². The number of aromatic nitrogens is 1. The van der Waals surface area contributed by atoms with Gasteiger partial charge in [0.1, 0.15) is 36.7 Å². The molecule has 1 aromatic carbocycles. The van der Waals surface area contributed by atoms with Gasteiger partial charge in [-0.15, -0.1) is 0 Å². The second-order valence-corrected chi connectivity index (χ2v) is 8.02. The Labute approximate surface area is 198 Å². The second kappa shape index (κ2) is 14.3. The van der Waals surface area contributed by atoms with Gasteiger partial charge >= 0.3 is 11.9 Å². The number of aliphatic hydroxyl groups is 1. The molecule has 4 N–H and O–H groups in total. The molecule has 0 aliphatic carbocycles. The number of nitrogens with one attached hydrogen (secondary N) is 1. The Kier molecular flexibility index (Phi) is 11.8. The Hall–Kier alpha value is -3.94. The van der Waals surface area contributed by atoms with Crippen LogP contribution < -0.4 is 14.8 Å². The Morgan fingerprint density at radius 2 is 1.76 bits per heavy atom. The van der Waals surface area contributed by atoms with Crippen molar-refractivity contribution >= 4 is 11.9 Å². The Morgan fingerprint density at radius 1 is 1.15 bits per heavy atom. The van der Waals surface area contributed by atoms with Gasteiger partial charge in [-0.05, 0) is 26.3 Å². The summed E-state index contributed by atoms with van der Waals surface area (Å²) in [6.07, 6.45) is 1.93. The number of carbonyl (C=O) groups is 2. The molecule has 0 amide bonds. The maximum atomic E-state index is 9.98. The lowest BCUT2D eigenvalue weighted by Crippen LogP contribution is -2.42. The third-order valence-corrected chi connectivity index (χ3v) is 3.84. The number of nitriles is 1. The largest absolute Gasteiger partial charge is 0.487 e. The summed E-state index contributed by atoms with van der Waals surface area (Å²) in [5.41, 5.74) is 1.21. The highest BCUT2D eigenvalue weighted by molar-refractivity contribution is 5.89. The molecular formula is C24H29N3O7. The summed E-state index contributed by atoms with van der Waals surface area (Å²) in [4.78, 5) is 23.2. The number of benzene rings is 1. The lowest BCUT2D eigenvalue weighted by molar-refractivity contribution is -0.134. The standard InChI is InChI=1S/C20H25N3O3.C4H4O4/c1-20(2,3)23-11-17(24)14-26-19-16(10-21)9-18(12-22-19)25-13-15-7-5-4-6-8-15;5-3(6)1-2-4(7)8/h4-9,12,17,23-24H,11,13-14H2,1-3H3;1-2H,(H,5,6)(H,7,8). The van der Waals surface area contributed by atoms with Gasteiger partial charge in [0.2, 0.25) is 5.88 Å². The van der Waals surface area contributed by atoms with Gasteiger partial charge in [-0.3, -0.25) is 0 Å². The van der Waals surface area contributed by atoms with Crippen LogP contribution >= 0.6 is 0 Å². The van der Waals surface area contributed by atoms with Gasteiger partial charge in [0.25, 0.3) is 0 Å². The number of ether oxygens (including phenoxy) is 2. The first kappa shape index (κ1) is 28.1. The average Bonchev–Trinajstić information content (AvgIpc) is 2.79. The number of nitrogens with zero attached hydrogens (tertiary/aromatic N) is 2. The average molecular weight is 472 g/mol. The van der Waals surface area contributed by atoms with E-state index in [1.807, 2.05) is 57.2 Å². The minimum absolute atomic E-state index is 0.0506. The van der Waals surface area contributed by atoms with Crippen LogP contribution in [0, 0.1) is 11.3 Å². The zero-order valence-electron chi connectivity index (χ0n) is 19.3. The fourth-order valence-corrected chi connectivity index (χ4v) is 2.25. The highest BCUT2D eigenvalue weighted by Gasteiger charge is 2.14. The minimum Gasteiger partial charge on any atom is -0.487 e. The van der Waals surface area contributed by atoms with Gasteiger partial charge in [-0.1, -0.05) is 30.3 Å². The van der Waals surface area contributed by atoms with E-state index < -0.39 is 18.0 Å². The topological polar surface area (TPSA) is 162 Å². The molecule has 0 saturated carbocycles. The molecule has 0 bridgehead atoms. The first-order valence-corrected chi connectivity index (χ1v) is 10.3. The van der Waals surface area contributed by atoms with Gasteiger partial charge in [-0.2, -0.15) is 5.26 Å². The zero-order valence-corrected chi connectivity index (χ0v) is 19.3. The number of carboxylic acid groups (broad SMARTS) is 2. The van der Waals surface area contributed by atoms with Crippen molar-refractivity contribution in [2.45, 2.75) is 39.0 Å². The molecule has 10 heteroatoms. The summed E-state index contributed by atoms with van der Waals surface area (Å²) < 4.78 is 11.2. The third kappa shape index (κ3) is 12.8. The number of aliphatic carboxylic acids is 2. The number of carboxylic acids is 2. The van der Waals surface area contributed by atoms with E-state index in [0.717, 1.165) is 5.56 Å². The van der Waals surface area contributed by atoms with Crippen molar-refractivity contribution < 1.29 is 34.4 Å². The number of β-amino-alcohol motifs (C(OH)–C–C–N with tert-alkyl or cyclic N) is 1. The summed E-state index contributed by atoms with van der Waals surface area (Å²) >= 11 is 0.